The van der Waals surface area contributed by atoms with Crippen molar-refractivity contribution in [1.82, 2.24) is 0 Å². The van der Waals surface area contributed by atoms with Gasteiger partial charge in [-0.25, -0.2) is 4.39 Å². The number of amides is 2. The average molecular weight is 431 g/mol. The summed E-state index contributed by atoms with van der Waals surface area (Å²) in [5.41, 5.74) is 2.55. The predicted octanol–water partition coefficient (Wildman–Crippen LogP) is 4.19. The fourth-order valence-corrected chi connectivity index (χ4v) is 4.31. The van der Waals surface area contributed by atoms with Gasteiger partial charge in [0.15, 0.2) is 0 Å². The Hall–Kier alpha value is -2.87. The Kier molecular flexibility index (Phi) is 7.10. The van der Waals surface area contributed by atoms with Crippen molar-refractivity contribution in [1.29, 1.82) is 0 Å². The van der Waals surface area contributed by atoms with Gasteiger partial charge >= 0.3 is 5.97 Å². The largest absolute Gasteiger partial charge is 0.466 e. The number of hydrogen-bond acceptors (Lipinski definition) is 5. The average Bonchev–Trinajstić information content (AvgIpc) is 3.10. The first-order valence-electron chi connectivity index (χ1n) is 9.64. The molecule has 0 saturated carbocycles. The molecule has 3 rings (SSSR count). The van der Waals surface area contributed by atoms with Gasteiger partial charge in [-0.1, -0.05) is 18.2 Å². The number of carbonyl (C=O) groups excluding carboxylic acids is 3. The number of hydrogen-bond donors (Lipinski definition) is 1. The van der Waals surface area contributed by atoms with Crippen molar-refractivity contribution in [3.05, 3.63) is 59.4 Å². The molecule has 1 saturated heterocycles. The van der Waals surface area contributed by atoms with Crippen LogP contribution in [0.25, 0.3) is 0 Å². The minimum absolute atomic E-state index is 0.0234. The predicted molar refractivity (Wildman–Crippen MR) is 115 cm³/mol. The van der Waals surface area contributed by atoms with Crippen LogP contribution in [0.15, 0.2) is 42.5 Å². The fraction of sp³-hybridized carbons (Fsp3) is 0.318. The van der Waals surface area contributed by atoms with Crippen LogP contribution in [0.5, 0.6) is 0 Å². The highest BCUT2D eigenvalue weighted by molar-refractivity contribution is 8.00. The molecule has 2 aromatic carbocycles. The lowest BCUT2D eigenvalue weighted by Gasteiger charge is -2.25. The molecule has 2 aromatic rings. The lowest BCUT2D eigenvalue weighted by molar-refractivity contribution is -0.144. The van der Waals surface area contributed by atoms with Crippen molar-refractivity contribution >= 4 is 40.9 Å². The maximum atomic E-state index is 14.4. The molecule has 1 fully saturated rings. The van der Waals surface area contributed by atoms with Gasteiger partial charge in [0.1, 0.15) is 11.2 Å². The number of benzene rings is 2. The number of halogens is 1. The highest BCUT2D eigenvalue weighted by Crippen LogP contribution is 2.42. The molecule has 1 heterocycles. The van der Waals surface area contributed by atoms with Crippen LogP contribution in [0.2, 0.25) is 0 Å². The van der Waals surface area contributed by atoms with Crippen molar-refractivity contribution < 1.29 is 23.5 Å². The van der Waals surface area contributed by atoms with Crippen molar-refractivity contribution in [2.75, 3.05) is 22.6 Å². The molecular formula is C22H23FN2O4S. The van der Waals surface area contributed by atoms with Crippen LogP contribution in [0.4, 0.5) is 15.8 Å². The third kappa shape index (κ3) is 5.18. The maximum absolute atomic E-state index is 14.4. The summed E-state index contributed by atoms with van der Waals surface area (Å²) in [5.74, 6) is -1.01. The highest BCUT2D eigenvalue weighted by Gasteiger charge is 2.35. The van der Waals surface area contributed by atoms with Gasteiger partial charge in [0.2, 0.25) is 11.8 Å². The summed E-state index contributed by atoms with van der Waals surface area (Å²) in [4.78, 5) is 37.3. The van der Waals surface area contributed by atoms with Crippen LogP contribution in [0, 0.1) is 12.7 Å². The van der Waals surface area contributed by atoms with Gasteiger partial charge in [-0.2, -0.15) is 0 Å². The van der Waals surface area contributed by atoms with E-state index in [-0.39, 0.29) is 48.1 Å². The SMILES string of the molecule is CCOC(=O)CCC(=O)Nc1ccc([C@@H]2SCC(=O)N2c2cc(C)ccc2F)cc1. The monoisotopic (exact) mass is 430 g/mol. The molecule has 0 spiro atoms. The Labute approximate surface area is 178 Å². The number of ether oxygens (including phenoxy) is 1. The van der Waals surface area contributed by atoms with E-state index in [9.17, 15) is 18.8 Å². The molecule has 0 aliphatic carbocycles. The zero-order valence-corrected chi connectivity index (χ0v) is 17.6. The minimum Gasteiger partial charge on any atom is -0.466 e. The standard InChI is InChI=1S/C22H23FN2O4S/c1-3-29-21(28)11-10-19(26)24-16-7-5-15(6-8-16)22-25(20(27)13-30-22)18-12-14(2)4-9-17(18)23/h4-9,12,22H,3,10-11,13H2,1-2H3,(H,24,26)/t22-/m0/s1. The molecule has 30 heavy (non-hydrogen) atoms. The molecule has 0 bridgehead atoms. The summed E-state index contributed by atoms with van der Waals surface area (Å²) in [6.45, 7) is 3.85. The van der Waals surface area contributed by atoms with E-state index in [1.165, 1.54) is 22.7 Å². The van der Waals surface area contributed by atoms with Gasteiger partial charge < -0.3 is 10.1 Å². The second kappa shape index (κ2) is 9.75. The van der Waals surface area contributed by atoms with E-state index in [1.807, 2.05) is 6.92 Å². The third-order valence-electron chi connectivity index (χ3n) is 4.57. The molecule has 1 aliphatic rings. The van der Waals surface area contributed by atoms with Crippen molar-refractivity contribution in [3.8, 4) is 0 Å². The second-order valence-corrected chi connectivity index (χ2v) is 7.93. The molecule has 1 atom stereocenters. The topological polar surface area (TPSA) is 75.7 Å². The van der Waals surface area contributed by atoms with Gasteiger partial charge in [0.05, 0.1) is 24.5 Å². The summed E-state index contributed by atoms with van der Waals surface area (Å²) >= 11 is 1.43. The quantitative estimate of drug-likeness (QED) is 0.667. The van der Waals surface area contributed by atoms with E-state index in [1.54, 1.807) is 43.3 Å². The number of nitrogens with one attached hydrogen (secondary N) is 1. The van der Waals surface area contributed by atoms with Gasteiger partial charge in [0.25, 0.3) is 0 Å². The molecule has 0 aromatic heterocycles. The van der Waals surface area contributed by atoms with Crippen LogP contribution in [0.1, 0.15) is 36.3 Å². The zero-order valence-electron chi connectivity index (χ0n) is 16.8. The number of anilines is 2. The summed E-state index contributed by atoms with van der Waals surface area (Å²) in [7, 11) is 0. The van der Waals surface area contributed by atoms with Crippen molar-refractivity contribution in [2.24, 2.45) is 0 Å². The van der Waals surface area contributed by atoms with E-state index in [4.69, 9.17) is 4.74 Å². The van der Waals surface area contributed by atoms with Crippen LogP contribution >= 0.6 is 11.8 Å². The van der Waals surface area contributed by atoms with E-state index in [2.05, 4.69) is 5.32 Å². The maximum Gasteiger partial charge on any atom is 0.306 e. The van der Waals surface area contributed by atoms with Crippen LogP contribution < -0.4 is 10.2 Å². The number of esters is 1. The number of nitrogens with zero attached hydrogens (tertiary/aromatic N) is 1. The van der Waals surface area contributed by atoms with E-state index >= 15 is 0 Å². The van der Waals surface area contributed by atoms with Gasteiger partial charge in [0, 0.05) is 12.1 Å². The van der Waals surface area contributed by atoms with Gasteiger partial charge in [-0.05, 0) is 49.2 Å². The van der Waals surface area contributed by atoms with Gasteiger partial charge in [-0.3, -0.25) is 19.3 Å². The Bertz CT molecular complexity index is 949. The molecule has 0 radical (unpaired) electrons. The van der Waals surface area contributed by atoms with Gasteiger partial charge in [-0.15, -0.1) is 11.8 Å². The molecular weight excluding hydrogens is 407 g/mol. The Morgan fingerprint density at radius 1 is 1.20 bits per heavy atom. The Morgan fingerprint density at radius 3 is 2.63 bits per heavy atom. The first-order valence-corrected chi connectivity index (χ1v) is 10.7. The smallest absolute Gasteiger partial charge is 0.306 e. The molecule has 0 unspecified atom stereocenters. The lowest BCUT2D eigenvalue weighted by Crippen LogP contribution is -2.28. The molecule has 2 amide bonds. The Balaban J connectivity index is 1.69. The highest BCUT2D eigenvalue weighted by atomic mass is 32.2. The number of carbonyl (C=O) groups is 3. The van der Waals surface area contributed by atoms with Crippen molar-refractivity contribution in [3.63, 3.8) is 0 Å². The van der Waals surface area contributed by atoms with Crippen LogP contribution in [0.3, 0.4) is 0 Å². The normalized spacial score (nSPS) is 15.9. The van der Waals surface area contributed by atoms with E-state index < -0.39 is 11.8 Å². The first-order chi connectivity index (χ1) is 14.4. The molecule has 1 N–H and O–H groups in total. The fourth-order valence-electron chi connectivity index (χ4n) is 3.14. The molecule has 6 nitrogen and oxygen atoms in total. The minimum atomic E-state index is -0.438. The molecule has 8 heteroatoms. The lowest BCUT2D eigenvalue weighted by atomic mass is 10.1. The summed E-state index contributed by atoms with van der Waals surface area (Å²) < 4.78 is 19.2. The van der Waals surface area contributed by atoms with Crippen LogP contribution in [-0.4, -0.2) is 30.1 Å². The molecule has 1 aliphatic heterocycles. The second-order valence-electron chi connectivity index (χ2n) is 6.86. The summed E-state index contributed by atoms with van der Waals surface area (Å²) in [5, 5.41) is 2.39. The van der Waals surface area contributed by atoms with Crippen LogP contribution in [-0.2, 0) is 19.1 Å². The Morgan fingerprint density at radius 2 is 1.93 bits per heavy atom. The molecule has 158 valence electrons. The number of thioether (sulfide) groups is 1. The number of rotatable bonds is 7. The zero-order chi connectivity index (χ0) is 21.7. The first kappa shape index (κ1) is 21.8. The number of aryl methyl sites for hydroxylation is 1. The van der Waals surface area contributed by atoms with E-state index in [0.29, 0.717) is 5.69 Å². The third-order valence-corrected chi connectivity index (χ3v) is 5.78. The summed E-state index contributed by atoms with van der Waals surface area (Å²) in [6.07, 6.45) is 0.0591. The summed E-state index contributed by atoms with van der Waals surface area (Å²) in [6, 6.07) is 11.8. The van der Waals surface area contributed by atoms with E-state index in [0.717, 1.165) is 11.1 Å². The van der Waals surface area contributed by atoms with Crippen molar-refractivity contribution in [2.45, 2.75) is 32.1 Å².